The molecule has 0 aliphatic carbocycles. The van der Waals surface area contributed by atoms with Crippen LogP contribution in [0.4, 0.5) is 0 Å². The summed E-state index contributed by atoms with van der Waals surface area (Å²) >= 11 is 10.2. The van der Waals surface area contributed by atoms with Gasteiger partial charge in [0.15, 0.2) is 0 Å². The molecule has 0 N–H and O–H groups in total. The third kappa shape index (κ3) is 2.89. The van der Waals surface area contributed by atoms with Gasteiger partial charge in [-0.05, 0) is 51.5 Å². The predicted molar refractivity (Wildman–Crippen MR) is 85.9 cm³/mol. The molecule has 108 valence electrons. The van der Waals surface area contributed by atoms with Crippen LogP contribution >= 0.6 is 27.5 Å². The highest BCUT2D eigenvalue weighted by atomic mass is 79.9. The number of aryl methyl sites for hydroxylation is 2. The molecule has 1 heterocycles. The van der Waals surface area contributed by atoms with E-state index in [1.807, 2.05) is 45.9 Å². The monoisotopic (exact) mass is 356 g/mol. The standard InChI is InChI=1S/C16H18BrClO2/c1-5-19-14-7-6-12(17)8-13(14)16(18)15-9(2)10(3)20-11(15)4/h6-8,16H,5H2,1-4H3. The fourth-order valence-electron chi connectivity index (χ4n) is 2.34. The average Bonchev–Trinajstić information content (AvgIpc) is 2.65. The maximum absolute atomic E-state index is 6.71. The molecule has 0 fully saturated rings. The molecule has 20 heavy (non-hydrogen) atoms. The number of halogens is 2. The topological polar surface area (TPSA) is 22.4 Å². The van der Waals surface area contributed by atoms with E-state index in [0.29, 0.717) is 6.61 Å². The Kier molecular flexibility index (Phi) is 4.82. The van der Waals surface area contributed by atoms with Crippen LogP contribution in [0.5, 0.6) is 5.75 Å². The molecule has 0 amide bonds. The molecule has 0 aliphatic heterocycles. The fourth-order valence-corrected chi connectivity index (χ4v) is 3.21. The second-order valence-corrected chi connectivity index (χ2v) is 6.08. The molecule has 0 saturated heterocycles. The van der Waals surface area contributed by atoms with Crippen molar-refractivity contribution in [1.82, 2.24) is 0 Å². The van der Waals surface area contributed by atoms with Gasteiger partial charge in [-0.15, -0.1) is 11.6 Å². The molecule has 1 unspecified atom stereocenters. The molecule has 0 aliphatic rings. The number of benzene rings is 1. The number of alkyl halides is 1. The summed E-state index contributed by atoms with van der Waals surface area (Å²) in [6.07, 6.45) is 0. The largest absolute Gasteiger partial charge is 0.494 e. The number of hydrogen-bond donors (Lipinski definition) is 0. The van der Waals surface area contributed by atoms with Gasteiger partial charge in [0.1, 0.15) is 17.3 Å². The van der Waals surface area contributed by atoms with E-state index in [4.69, 9.17) is 20.8 Å². The van der Waals surface area contributed by atoms with Gasteiger partial charge in [0.05, 0.1) is 12.0 Å². The quantitative estimate of drug-likeness (QED) is 0.655. The average molecular weight is 358 g/mol. The molecule has 0 saturated carbocycles. The molecular weight excluding hydrogens is 340 g/mol. The van der Waals surface area contributed by atoms with Crippen LogP contribution in [0.1, 0.15) is 40.5 Å². The zero-order valence-electron chi connectivity index (χ0n) is 12.1. The molecule has 2 nitrogen and oxygen atoms in total. The lowest BCUT2D eigenvalue weighted by molar-refractivity contribution is 0.336. The van der Waals surface area contributed by atoms with E-state index < -0.39 is 0 Å². The van der Waals surface area contributed by atoms with E-state index in [1.54, 1.807) is 0 Å². The molecule has 2 aromatic rings. The van der Waals surface area contributed by atoms with Crippen LogP contribution in [0.25, 0.3) is 0 Å². The highest BCUT2D eigenvalue weighted by molar-refractivity contribution is 9.10. The van der Waals surface area contributed by atoms with E-state index in [2.05, 4.69) is 15.9 Å². The molecule has 0 radical (unpaired) electrons. The van der Waals surface area contributed by atoms with E-state index in [0.717, 1.165) is 38.4 Å². The summed E-state index contributed by atoms with van der Waals surface area (Å²) in [4.78, 5) is 0. The first-order valence-electron chi connectivity index (χ1n) is 6.58. The van der Waals surface area contributed by atoms with Crippen molar-refractivity contribution in [3.05, 3.63) is 50.9 Å². The van der Waals surface area contributed by atoms with Crippen LogP contribution in [-0.2, 0) is 0 Å². The minimum Gasteiger partial charge on any atom is -0.494 e. The summed E-state index contributed by atoms with van der Waals surface area (Å²) in [5, 5.41) is -0.286. The molecule has 2 rings (SSSR count). The highest BCUT2D eigenvalue weighted by Crippen LogP contribution is 2.40. The lowest BCUT2D eigenvalue weighted by Crippen LogP contribution is -2.02. The fraction of sp³-hybridized carbons (Fsp3) is 0.375. The van der Waals surface area contributed by atoms with Crippen molar-refractivity contribution in [3.8, 4) is 5.75 Å². The highest BCUT2D eigenvalue weighted by Gasteiger charge is 2.23. The van der Waals surface area contributed by atoms with Gasteiger partial charge in [0, 0.05) is 15.6 Å². The zero-order valence-corrected chi connectivity index (χ0v) is 14.4. The maximum atomic E-state index is 6.71. The minimum absolute atomic E-state index is 0.286. The van der Waals surface area contributed by atoms with Crippen molar-refractivity contribution >= 4 is 27.5 Å². The second-order valence-electron chi connectivity index (χ2n) is 4.73. The zero-order chi connectivity index (χ0) is 14.9. The first kappa shape index (κ1) is 15.5. The molecule has 0 bridgehead atoms. The number of ether oxygens (including phenoxy) is 1. The summed E-state index contributed by atoms with van der Waals surface area (Å²) in [7, 11) is 0. The van der Waals surface area contributed by atoms with Crippen LogP contribution in [0.3, 0.4) is 0 Å². The van der Waals surface area contributed by atoms with Gasteiger partial charge in [-0.3, -0.25) is 0 Å². The Morgan fingerprint density at radius 3 is 2.50 bits per heavy atom. The van der Waals surface area contributed by atoms with E-state index in [-0.39, 0.29) is 5.38 Å². The normalized spacial score (nSPS) is 12.5. The van der Waals surface area contributed by atoms with Gasteiger partial charge < -0.3 is 9.15 Å². The molecule has 1 aromatic carbocycles. The molecule has 4 heteroatoms. The lowest BCUT2D eigenvalue weighted by Gasteiger charge is -2.16. The smallest absolute Gasteiger partial charge is 0.124 e. The van der Waals surface area contributed by atoms with Crippen molar-refractivity contribution in [1.29, 1.82) is 0 Å². The number of hydrogen-bond acceptors (Lipinski definition) is 2. The first-order valence-corrected chi connectivity index (χ1v) is 7.81. The van der Waals surface area contributed by atoms with E-state index in [9.17, 15) is 0 Å². The summed E-state index contributed by atoms with van der Waals surface area (Å²) in [5.74, 6) is 2.59. The van der Waals surface area contributed by atoms with Gasteiger partial charge in [0.25, 0.3) is 0 Å². The Morgan fingerprint density at radius 2 is 1.95 bits per heavy atom. The summed E-state index contributed by atoms with van der Waals surface area (Å²) in [5.41, 5.74) is 3.09. The van der Waals surface area contributed by atoms with Crippen LogP contribution in [0.15, 0.2) is 27.1 Å². The van der Waals surface area contributed by atoms with Crippen molar-refractivity contribution in [2.45, 2.75) is 33.1 Å². The van der Waals surface area contributed by atoms with Crippen LogP contribution < -0.4 is 4.74 Å². The minimum atomic E-state index is -0.286. The third-order valence-corrected chi connectivity index (χ3v) is 4.36. The van der Waals surface area contributed by atoms with Gasteiger partial charge in [0.2, 0.25) is 0 Å². The van der Waals surface area contributed by atoms with Crippen molar-refractivity contribution in [2.24, 2.45) is 0 Å². The van der Waals surface area contributed by atoms with Gasteiger partial charge >= 0.3 is 0 Å². The van der Waals surface area contributed by atoms with Gasteiger partial charge in [-0.1, -0.05) is 15.9 Å². The maximum Gasteiger partial charge on any atom is 0.124 e. The third-order valence-electron chi connectivity index (χ3n) is 3.42. The Morgan fingerprint density at radius 1 is 1.25 bits per heavy atom. The van der Waals surface area contributed by atoms with Crippen molar-refractivity contribution in [3.63, 3.8) is 0 Å². The van der Waals surface area contributed by atoms with Crippen molar-refractivity contribution < 1.29 is 9.15 Å². The Labute approximate surface area is 133 Å². The lowest BCUT2D eigenvalue weighted by atomic mass is 10.00. The molecule has 0 spiro atoms. The SMILES string of the molecule is CCOc1ccc(Br)cc1C(Cl)c1c(C)oc(C)c1C. The van der Waals surface area contributed by atoms with Crippen LogP contribution in [0.2, 0.25) is 0 Å². The van der Waals surface area contributed by atoms with E-state index >= 15 is 0 Å². The number of furan rings is 1. The first-order chi connectivity index (χ1) is 9.45. The molecule has 1 atom stereocenters. The Balaban J connectivity index is 2.52. The van der Waals surface area contributed by atoms with Crippen molar-refractivity contribution in [2.75, 3.05) is 6.61 Å². The molecular formula is C16H18BrClO2. The van der Waals surface area contributed by atoms with Crippen LogP contribution in [0, 0.1) is 20.8 Å². The summed E-state index contributed by atoms with van der Waals surface area (Å²) in [6, 6.07) is 5.90. The van der Waals surface area contributed by atoms with Gasteiger partial charge in [-0.25, -0.2) is 0 Å². The summed E-state index contributed by atoms with van der Waals surface area (Å²) in [6.45, 7) is 8.52. The summed E-state index contributed by atoms with van der Waals surface area (Å²) < 4.78 is 12.3. The second kappa shape index (κ2) is 6.23. The Hall–Kier alpha value is -0.930. The van der Waals surface area contributed by atoms with E-state index in [1.165, 1.54) is 0 Å². The Bertz CT molecular complexity index is 619. The van der Waals surface area contributed by atoms with Gasteiger partial charge in [-0.2, -0.15) is 0 Å². The predicted octanol–water partition coefficient (Wildman–Crippen LogP) is 5.69. The number of rotatable bonds is 4. The molecule has 1 aromatic heterocycles. The van der Waals surface area contributed by atoms with Crippen LogP contribution in [-0.4, -0.2) is 6.61 Å².